The number of halogens is 1. The fourth-order valence-electron chi connectivity index (χ4n) is 2.61. The van der Waals surface area contributed by atoms with Crippen molar-refractivity contribution in [2.75, 3.05) is 26.7 Å². The minimum Gasteiger partial charge on any atom is -0.465 e. The van der Waals surface area contributed by atoms with E-state index >= 15 is 0 Å². The maximum absolute atomic E-state index is 12.9. The summed E-state index contributed by atoms with van der Waals surface area (Å²) < 4.78 is 37.2. The number of ether oxygens (including phenoxy) is 1. The van der Waals surface area contributed by atoms with Crippen molar-refractivity contribution in [1.82, 2.24) is 9.62 Å². The molecule has 1 atom stereocenters. The van der Waals surface area contributed by atoms with Gasteiger partial charge in [0.2, 0.25) is 10.0 Å². The van der Waals surface area contributed by atoms with Crippen LogP contribution in [0.5, 0.6) is 0 Å². The zero-order valence-electron chi connectivity index (χ0n) is 13.0. The van der Waals surface area contributed by atoms with Crippen molar-refractivity contribution in [1.29, 1.82) is 0 Å². The quantitative estimate of drug-likeness (QED) is 0.819. The fraction of sp³-hybridized carbons (Fsp3) is 0.615. The molecule has 1 aromatic rings. The lowest BCUT2D eigenvalue weighted by Crippen LogP contribution is -2.52. The Labute approximate surface area is 136 Å². The highest BCUT2D eigenvalue weighted by Crippen LogP contribution is 2.31. The van der Waals surface area contributed by atoms with Gasteiger partial charge in [0.1, 0.15) is 22.0 Å². The topological polar surface area (TPSA) is 88.8 Å². The molecule has 9 heteroatoms. The number of esters is 1. The van der Waals surface area contributed by atoms with Crippen molar-refractivity contribution in [2.24, 2.45) is 0 Å². The molecule has 0 spiro atoms. The molecule has 0 bridgehead atoms. The first-order chi connectivity index (χ1) is 9.80. The number of hydrogen-bond acceptors (Lipinski definition) is 6. The predicted octanol–water partition coefficient (Wildman–Crippen LogP) is 1.09. The standard InChI is InChI=1S/C13H20N2O5S.ClH/c1-8-7-14-5-6-15(8)21(17,18)12-10(3)20-9(2)11(12)13(16)19-4;/h8,14H,5-7H2,1-4H3;1H. The van der Waals surface area contributed by atoms with Crippen LogP contribution in [-0.2, 0) is 14.8 Å². The van der Waals surface area contributed by atoms with Crippen LogP contribution >= 0.6 is 12.4 Å². The monoisotopic (exact) mass is 352 g/mol. The Morgan fingerprint density at radius 1 is 1.36 bits per heavy atom. The highest BCUT2D eigenvalue weighted by molar-refractivity contribution is 7.89. The van der Waals surface area contributed by atoms with Crippen LogP contribution in [0.3, 0.4) is 0 Å². The van der Waals surface area contributed by atoms with Gasteiger partial charge in [-0.2, -0.15) is 4.31 Å². The predicted molar refractivity (Wildman–Crippen MR) is 83.0 cm³/mol. The Hall–Kier alpha value is -1.09. The molecule has 0 radical (unpaired) electrons. The third-order valence-electron chi connectivity index (χ3n) is 3.60. The average Bonchev–Trinajstić information content (AvgIpc) is 2.73. The summed E-state index contributed by atoms with van der Waals surface area (Å²) in [5.74, 6) is -0.245. The molecule has 0 aliphatic carbocycles. The van der Waals surface area contributed by atoms with Gasteiger partial charge in [-0.05, 0) is 20.8 Å². The number of sulfonamides is 1. The highest BCUT2D eigenvalue weighted by Gasteiger charge is 2.38. The van der Waals surface area contributed by atoms with Gasteiger partial charge >= 0.3 is 5.97 Å². The Balaban J connectivity index is 0.00000242. The number of nitrogens with one attached hydrogen (secondary N) is 1. The molecule has 1 N–H and O–H groups in total. The van der Waals surface area contributed by atoms with Crippen molar-refractivity contribution in [2.45, 2.75) is 31.7 Å². The van der Waals surface area contributed by atoms with Crippen LogP contribution in [0.1, 0.15) is 28.8 Å². The van der Waals surface area contributed by atoms with Crippen LogP contribution in [0.2, 0.25) is 0 Å². The Morgan fingerprint density at radius 2 is 2.00 bits per heavy atom. The summed E-state index contributed by atoms with van der Waals surface area (Å²) >= 11 is 0. The van der Waals surface area contributed by atoms with Crippen LogP contribution < -0.4 is 5.32 Å². The summed E-state index contributed by atoms with van der Waals surface area (Å²) in [6.07, 6.45) is 0. The summed E-state index contributed by atoms with van der Waals surface area (Å²) in [6, 6.07) is -0.191. The highest BCUT2D eigenvalue weighted by atomic mass is 35.5. The SMILES string of the molecule is COC(=O)c1c(C)oc(C)c1S(=O)(=O)N1CCNCC1C.Cl. The second-order valence-corrected chi connectivity index (χ2v) is 6.91. The Kier molecular flexibility index (Phi) is 6.03. The molecule has 1 unspecified atom stereocenters. The van der Waals surface area contributed by atoms with E-state index in [9.17, 15) is 13.2 Å². The summed E-state index contributed by atoms with van der Waals surface area (Å²) in [7, 11) is -2.59. The lowest BCUT2D eigenvalue weighted by Gasteiger charge is -2.32. The van der Waals surface area contributed by atoms with E-state index in [1.165, 1.54) is 11.4 Å². The first kappa shape index (κ1) is 19.0. The molecule has 1 aliphatic rings. The van der Waals surface area contributed by atoms with E-state index in [1.54, 1.807) is 13.8 Å². The van der Waals surface area contributed by atoms with Gasteiger partial charge in [-0.25, -0.2) is 13.2 Å². The third-order valence-corrected chi connectivity index (χ3v) is 5.77. The van der Waals surface area contributed by atoms with E-state index in [2.05, 4.69) is 10.1 Å². The molecule has 1 saturated heterocycles. The lowest BCUT2D eigenvalue weighted by molar-refractivity contribution is 0.0594. The molecular weight excluding hydrogens is 332 g/mol. The maximum Gasteiger partial charge on any atom is 0.342 e. The number of carbonyl (C=O) groups is 1. The second-order valence-electron chi connectivity index (χ2n) is 5.08. The molecule has 126 valence electrons. The van der Waals surface area contributed by atoms with Gasteiger partial charge in [-0.15, -0.1) is 12.4 Å². The number of hydrogen-bond donors (Lipinski definition) is 1. The molecule has 0 aromatic carbocycles. The number of carbonyl (C=O) groups excluding carboxylic acids is 1. The van der Waals surface area contributed by atoms with Crippen molar-refractivity contribution in [3.63, 3.8) is 0 Å². The summed E-state index contributed by atoms with van der Waals surface area (Å²) in [5, 5.41) is 3.14. The second kappa shape index (κ2) is 6.99. The van der Waals surface area contributed by atoms with Gasteiger partial charge in [0.05, 0.1) is 7.11 Å². The summed E-state index contributed by atoms with van der Waals surface area (Å²) in [5.41, 5.74) is -0.0132. The number of methoxy groups -OCH3 is 1. The van der Waals surface area contributed by atoms with Gasteiger partial charge in [-0.1, -0.05) is 0 Å². The molecule has 0 amide bonds. The minimum absolute atomic E-state index is 0. The molecule has 2 rings (SSSR count). The first-order valence-corrected chi connectivity index (χ1v) is 8.15. The lowest BCUT2D eigenvalue weighted by atomic mass is 10.2. The number of piperazine rings is 1. The van der Waals surface area contributed by atoms with Crippen molar-refractivity contribution >= 4 is 28.4 Å². The van der Waals surface area contributed by atoms with Gasteiger partial charge in [0.25, 0.3) is 0 Å². The summed E-state index contributed by atoms with van der Waals surface area (Å²) in [4.78, 5) is 11.8. The van der Waals surface area contributed by atoms with Gasteiger partial charge in [0, 0.05) is 25.7 Å². The molecule has 0 saturated carbocycles. The molecule has 2 heterocycles. The molecular formula is C13H21ClN2O5S. The van der Waals surface area contributed by atoms with E-state index in [1.807, 2.05) is 6.92 Å². The molecule has 7 nitrogen and oxygen atoms in total. The van der Waals surface area contributed by atoms with E-state index in [-0.39, 0.29) is 40.4 Å². The van der Waals surface area contributed by atoms with Gasteiger partial charge in [0.15, 0.2) is 0 Å². The van der Waals surface area contributed by atoms with Crippen LogP contribution in [0.4, 0.5) is 0 Å². The Morgan fingerprint density at radius 3 is 2.55 bits per heavy atom. The zero-order chi connectivity index (χ0) is 15.8. The van der Waals surface area contributed by atoms with E-state index in [0.717, 1.165) is 0 Å². The molecule has 22 heavy (non-hydrogen) atoms. The summed E-state index contributed by atoms with van der Waals surface area (Å²) in [6.45, 7) is 6.42. The van der Waals surface area contributed by atoms with E-state index in [0.29, 0.717) is 19.6 Å². The van der Waals surface area contributed by atoms with E-state index in [4.69, 9.17) is 4.42 Å². The molecule has 1 aromatic heterocycles. The largest absolute Gasteiger partial charge is 0.465 e. The Bertz CT molecular complexity index is 656. The number of nitrogens with zero attached hydrogens (tertiary/aromatic N) is 1. The maximum atomic E-state index is 12.9. The van der Waals surface area contributed by atoms with Gasteiger partial charge < -0.3 is 14.5 Å². The van der Waals surface area contributed by atoms with E-state index < -0.39 is 16.0 Å². The number of aryl methyl sites for hydroxylation is 2. The van der Waals surface area contributed by atoms with Crippen LogP contribution in [-0.4, -0.2) is 51.5 Å². The van der Waals surface area contributed by atoms with Crippen LogP contribution in [0.25, 0.3) is 0 Å². The first-order valence-electron chi connectivity index (χ1n) is 6.71. The number of furan rings is 1. The van der Waals surface area contributed by atoms with Crippen LogP contribution in [0.15, 0.2) is 9.31 Å². The van der Waals surface area contributed by atoms with Crippen molar-refractivity contribution < 1.29 is 22.4 Å². The molecule has 1 fully saturated rings. The average molecular weight is 353 g/mol. The third kappa shape index (κ3) is 3.15. The van der Waals surface area contributed by atoms with Gasteiger partial charge in [-0.3, -0.25) is 0 Å². The fourth-order valence-corrected chi connectivity index (χ4v) is 4.61. The smallest absolute Gasteiger partial charge is 0.342 e. The van der Waals surface area contributed by atoms with Crippen molar-refractivity contribution in [3.05, 3.63) is 17.1 Å². The number of rotatable bonds is 3. The minimum atomic E-state index is -3.81. The van der Waals surface area contributed by atoms with Crippen molar-refractivity contribution in [3.8, 4) is 0 Å². The molecule has 1 aliphatic heterocycles. The zero-order valence-corrected chi connectivity index (χ0v) is 14.6. The normalized spacial score (nSPS) is 19.5. The van der Waals surface area contributed by atoms with Crippen LogP contribution in [0, 0.1) is 13.8 Å².